The van der Waals surface area contributed by atoms with Crippen LogP contribution >= 0.6 is 11.6 Å². The number of methoxy groups -OCH3 is 1. The van der Waals surface area contributed by atoms with Gasteiger partial charge >= 0.3 is 11.9 Å². The van der Waals surface area contributed by atoms with Crippen LogP contribution in [0, 0.1) is 6.92 Å². The van der Waals surface area contributed by atoms with Crippen molar-refractivity contribution in [3.05, 3.63) is 106 Å². The van der Waals surface area contributed by atoms with Gasteiger partial charge in [0.1, 0.15) is 5.69 Å². The zero-order valence-corrected chi connectivity index (χ0v) is 26.2. The number of aromatic nitrogens is 1. The van der Waals surface area contributed by atoms with Crippen LogP contribution in [-0.4, -0.2) is 42.8 Å². The number of fused-ring (bicyclic) bond motifs is 1. The molecule has 11 heteroatoms. The van der Waals surface area contributed by atoms with Crippen molar-refractivity contribution in [2.75, 3.05) is 13.7 Å². The van der Waals surface area contributed by atoms with Crippen LogP contribution in [0.2, 0.25) is 5.02 Å². The van der Waals surface area contributed by atoms with Gasteiger partial charge in [-0.05, 0) is 74.0 Å². The minimum Gasteiger partial charge on any atom is -0.493 e. The molecule has 10 nitrogen and oxygen atoms in total. The van der Waals surface area contributed by atoms with Gasteiger partial charge in [0.2, 0.25) is 0 Å². The highest BCUT2D eigenvalue weighted by Gasteiger charge is 2.21. The molecule has 0 bridgehead atoms. The molecule has 5 rings (SSSR count). The highest BCUT2D eigenvalue weighted by molar-refractivity contribution is 6.34. The van der Waals surface area contributed by atoms with Gasteiger partial charge in [0.05, 0.1) is 25.5 Å². The molecular weight excluding hydrogens is 610 g/mol. The van der Waals surface area contributed by atoms with Crippen molar-refractivity contribution >= 4 is 46.6 Å². The zero-order chi connectivity index (χ0) is 32.8. The molecule has 0 aliphatic rings. The van der Waals surface area contributed by atoms with Gasteiger partial charge < -0.3 is 23.9 Å². The molecule has 0 radical (unpaired) electrons. The number of esters is 2. The fourth-order valence-electron chi connectivity index (χ4n) is 4.79. The number of carbonyl (C=O) groups excluding carboxylic acids is 3. The van der Waals surface area contributed by atoms with Gasteiger partial charge in [0.25, 0.3) is 5.91 Å². The minimum absolute atomic E-state index is 0.173. The van der Waals surface area contributed by atoms with E-state index in [0.29, 0.717) is 34.2 Å². The Labute approximate surface area is 269 Å². The molecule has 0 atom stereocenters. The van der Waals surface area contributed by atoms with Crippen LogP contribution in [-0.2, 0) is 4.79 Å². The summed E-state index contributed by atoms with van der Waals surface area (Å²) in [6.07, 6.45) is 1.45. The lowest BCUT2D eigenvalue weighted by molar-refractivity contribution is -0.132. The van der Waals surface area contributed by atoms with E-state index in [9.17, 15) is 14.4 Å². The second-order valence-corrected chi connectivity index (χ2v) is 10.5. The Morgan fingerprint density at radius 1 is 0.913 bits per heavy atom. The summed E-state index contributed by atoms with van der Waals surface area (Å²) in [7, 11) is 1.40. The predicted molar refractivity (Wildman–Crippen MR) is 175 cm³/mol. The first-order valence-electron chi connectivity index (χ1n) is 14.2. The molecular formula is C35H30ClN3O7. The normalized spacial score (nSPS) is 11.0. The van der Waals surface area contributed by atoms with E-state index in [1.54, 1.807) is 31.2 Å². The molecule has 0 saturated carbocycles. The number of amides is 1. The standard InChI is InChI=1S/C35H30ClN3O7/c1-5-44-31-17-22(11-14-29(31)46-35(42)23-12-15-28(45-21(3)40)30(18-23)43-4)19-37-39-34(41)33-32(24-8-6-7-9-26(24)36)25-16-20(2)10-13-27(25)38-33/h6-19,38H,5H2,1-4H3,(H,39,41). The number of hydrazone groups is 1. The number of aromatic amines is 1. The van der Waals surface area contributed by atoms with Crippen LogP contribution < -0.4 is 24.4 Å². The fraction of sp³-hybridized carbons (Fsp3) is 0.143. The third-order valence-corrected chi connectivity index (χ3v) is 7.16. The molecule has 2 N–H and O–H groups in total. The molecule has 0 aliphatic carbocycles. The summed E-state index contributed by atoms with van der Waals surface area (Å²) in [5, 5.41) is 5.55. The van der Waals surface area contributed by atoms with Crippen molar-refractivity contribution in [3.8, 4) is 34.1 Å². The zero-order valence-electron chi connectivity index (χ0n) is 25.5. The van der Waals surface area contributed by atoms with Crippen molar-refractivity contribution in [1.82, 2.24) is 10.4 Å². The Balaban J connectivity index is 1.35. The van der Waals surface area contributed by atoms with Gasteiger partial charge in [0, 0.05) is 34.0 Å². The van der Waals surface area contributed by atoms with Gasteiger partial charge in [0.15, 0.2) is 23.0 Å². The van der Waals surface area contributed by atoms with Crippen LogP contribution in [0.15, 0.2) is 84.0 Å². The van der Waals surface area contributed by atoms with Crippen molar-refractivity contribution < 1.29 is 33.3 Å². The number of hydrogen-bond acceptors (Lipinski definition) is 8. The maximum Gasteiger partial charge on any atom is 0.343 e. The van der Waals surface area contributed by atoms with Crippen molar-refractivity contribution in [3.63, 3.8) is 0 Å². The van der Waals surface area contributed by atoms with E-state index < -0.39 is 17.8 Å². The van der Waals surface area contributed by atoms with E-state index in [1.807, 2.05) is 43.3 Å². The number of ether oxygens (including phenoxy) is 4. The average Bonchev–Trinajstić information content (AvgIpc) is 3.41. The number of carbonyl (C=O) groups is 3. The summed E-state index contributed by atoms with van der Waals surface area (Å²) in [6, 6.07) is 22.4. The lowest BCUT2D eigenvalue weighted by atomic mass is 10.0. The SMILES string of the molecule is CCOc1cc(C=NNC(=O)c2[nH]c3ccc(C)cc3c2-c2ccccc2Cl)ccc1OC(=O)c1ccc(OC(C)=O)c(OC)c1. The van der Waals surface area contributed by atoms with Crippen molar-refractivity contribution in [2.45, 2.75) is 20.8 Å². The molecule has 1 heterocycles. The average molecular weight is 640 g/mol. The third-order valence-electron chi connectivity index (χ3n) is 6.83. The number of nitrogens with one attached hydrogen (secondary N) is 2. The van der Waals surface area contributed by atoms with E-state index in [-0.39, 0.29) is 22.8 Å². The van der Waals surface area contributed by atoms with Crippen LogP contribution in [0.1, 0.15) is 45.8 Å². The third kappa shape index (κ3) is 7.03. The minimum atomic E-state index is -0.676. The molecule has 0 saturated heterocycles. The highest BCUT2D eigenvalue weighted by Crippen LogP contribution is 2.37. The number of hydrogen-bond donors (Lipinski definition) is 2. The van der Waals surface area contributed by atoms with Gasteiger partial charge in [-0.2, -0.15) is 5.10 Å². The van der Waals surface area contributed by atoms with Gasteiger partial charge in [-0.25, -0.2) is 10.2 Å². The number of aryl methyl sites for hydroxylation is 1. The summed E-state index contributed by atoms with van der Waals surface area (Å²) in [4.78, 5) is 40.9. The number of halogens is 1. The lowest BCUT2D eigenvalue weighted by Gasteiger charge is -2.13. The molecule has 5 aromatic rings. The smallest absolute Gasteiger partial charge is 0.343 e. The maximum atomic E-state index is 13.4. The Hall–Kier alpha value is -5.61. The largest absolute Gasteiger partial charge is 0.493 e. The molecule has 0 aliphatic heterocycles. The Morgan fingerprint density at radius 2 is 1.67 bits per heavy atom. The Bertz CT molecular complexity index is 1980. The number of nitrogens with zero attached hydrogens (tertiary/aromatic N) is 1. The first kappa shape index (κ1) is 31.8. The van der Waals surface area contributed by atoms with Crippen molar-refractivity contribution in [1.29, 1.82) is 0 Å². The van der Waals surface area contributed by atoms with Gasteiger partial charge in [-0.1, -0.05) is 41.4 Å². The Morgan fingerprint density at radius 3 is 2.41 bits per heavy atom. The Kier molecular flexibility index (Phi) is 9.68. The van der Waals surface area contributed by atoms with Crippen LogP contribution in [0.25, 0.3) is 22.0 Å². The van der Waals surface area contributed by atoms with Gasteiger partial charge in [-0.3, -0.25) is 9.59 Å². The summed E-state index contributed by atoms with van der Waals surface area (Å²) >= 11 is 6.53. The molecule has 4 aromatic carbocycles. The summed E-state index contributed by atoms with van der Waals surface area (Å²) in [5.74, 6) is -0.804. The molecule has 46 heavy (non-hydrogen) atoms. The second kappa shape index (κ2) is 14.0. The molecule has 0 spiro atoms. The molecule has 0 fully saturated rings. The number of H-pyrrole nitrogens is 1. The van der Waals surface area contributed by atoms with E-state index in [0.717, 1.165) is 22.0 Å². The molecule has 234 valence electrons. The summed E-state index contributed by atoms with van der Waals surface area (Å²) in [6.45, 7) is 5.35. The number of rotatable bonds is 10. The van der Waals surface area contributed by atoms with E-state index >= 15 is 0 Å². The van der Waals surface area contributed by atoms with Gasteiger partial charge in [-0.15, -0.1) is 0 Å². The van der Waals surface area contributed by atoms with Crippen molar-refractivity contribution in [2.24, 2.45) is 5.10 Å². The molecule has 1 aromatic heterocycles. The van der Waals surface area contributed by atoms with Crippen LogP contribution in [0.3, 0.4) is 0 Å². The lowest BCUT2D eigenvalue weighted by Crippen LogP contribution is -2.19. The predicted octanol–water partition coefficient (Wildman–Crippen LogP) is 7.11. The molecule has 1 amide bonds. The first-order chi connectivity index (χ1) is 22.2. The summed E-state index contributed by atoms with van der Waals surface area (Å²) in [5.41, 5.74) is 6.90. The topological polar surface area (TPSA) is 128 Å². The number of benzene rings is 4. The fourth-order valence-corrected chi connectivity index (χ4v) is 5.02. The molecule has 0 unspecified atom stereocenters. The second-order valence-electron chi connectivity index (χ2n) is 10.1. The highest BCUT2D eigenvalue weighted by atomic mass is 35.5. The van der Waals surface area contributed by atoms with E-state index in [2.05, 4.69) is 15.5 Å². The maximum absolute atomic E-state index is 13.4. The van der Waals surface area contributed by atoms with Crippen LogP contribution in [0.5, 0.6) is 23.0 Å². The first-order valence-corrected chi connectivity index (χ1v) is 14.6. The quantitative estimate of drug-likeness (QED) is 0.0721. The van der Waals surface area contributed by atoms with E-state index in [4.69, 9.17) is 30.5 Å². The summed E-state index contributed by atoms with van der Waals surface area (Å²) < 4.78 is 21.7. The monoisotopic (exact) mass is 639 g/mol. The van der Waals surface area contributed by atoms with E-state index in [1.165, 1.54) is 38.4 Å². The van der Waals surface area contributed by atoms with Crippen LogP contribution in [0.4, 0.5) is 0 Å².